The molecule has 1 aromatic carbocycles. The fourth-order valence-electron chi connectivity index (χ4n) is 2.19. The summed E-state index contributed by atoms with van der Waals surface area (Å²) in [7, 11) is -2.55. The second-order valence-corrected chi connectivity index (χ2v) is 5.77. The van der Waals surface area contributed by atoms with Gasteiger partial charge in [-0.05, 0) is 17.7 Å². The lowest BCUT2D eigenvalue weighted by Crippen LogP contribution is -2.39. The topological polar surface area (TPSA) is 81.4 Å². The fourth-order valence-corrected chi connectivity index (χ4v) is 3.05. The maximum absolute atomic E-state index is 13.8. The van der Waals surface area contributed by atoms with Gasteiger partial charge in [0.25, 0.3) is 10.2 Å². The van der Waals surface area contributed by atoms with Crippen molar-refractivity contribution < 1.29 is 17.5 Å². The molecule has 0 aliphatic heterocycles. The minimum absolute atomic E-state index is 0.198. The number of hydrogen-bond donors (Lipinski definition) is 2. The molecule has 0 bridgehead atoms. The zero-order valence-corrected chi connectivity index (χ0v) is 11.1. The smallest absolute Gasteiger partial charge is 0.275 e. The summed E-state index contributed by atoms with van der Waals surface area (Å²) >= 11 is 5.97. The largest absolute Gasteiger partial charge is 0.379 e. The third-order valence-corrected chi connectivity index (χ3v) is 3.87. The highest BCUT2D eigenvalue weighted by molar-refractivity contribution is 7.87. The molecular formula is C10H12ClFN2O3S. The monoisotopic (exact) mass is 294 g/mol. The SMILES string of the molecule is CO[C@@H]1Cc2c(Cl)ccc(F)c2[C@H]1NS(N)(=O)=O. The normalized spacial score (nSPS) is 23.1. The number of ether oxygens (including phenoxy) is 1. The highest BCUT2D eigenvalue weighted by Gasteiger charge is 2.38. The maximum atomic E-state index is 13.8. The van der Waals surface area contributed by atoms with Crippen molar-refractivity contribution in [3.63, 3.8) is 0 Å². The molecular weight excluding hydrogens is 283 g/mol. The van der Waals surface area contributed by atoms with E-state index in [1.54, 1.807) is 0 Å². The summed E-state index contributed by atoms with van der Waals surface area (Å²) in [5, 5.41) is 5.31. The van der Waals surface area contributed by atoms with E-state index in [9.17, 15) is 12.8 Å². The summed E-state index contributed by atoms with van der Waals surface area (Å²) in [5.41, 5.74) is 0.744. The van der Waals surface area contributed by atoms with Gasteiger partial charge in [-0.3, -0.25) is 0 Å². The van der Waals surface area contributed by atoms with E-state index in [2.05, 4.69) is 4.72 Å². The molecule has 2 atom stereocenters. The van der Waals surface area contributed by atoms with Crippen LogP contribution in [0.1, 0.15) is 17.2 Å². The standard InChI is InChI=1S/C10H12ClFN2O3S/c1-17-8-4-5-6(11)2-3-7(12)9(5)10(8)14-18(13,15)16/h2-3,8,10,14H,4H2,1H3,(H2,13,15,16)/t8-,10+/m1/s1. The van der Waals surface area contributed by atoms with Crippen LogP contribution in [0, 0.1) is 5.82 Å². The summed E-state index contributed by atoms with van der Waals surface area (Å²) in [6.45, 7) is 0. The summed E-state index contributed by atoms with van der Waals surface area (Å²) in [4.78, 5) is 0. The molecule has 1 aliphatic rings. The molecule has 0 saturated heterocycles. The number of halogens is 2. The van der Waals surface area contributed by atoms with E-state index in [1.165, 1.54) is 19.2 Å². The molecule has 0 saturated carbocycles. The molecule has 18 heavy (non-hydrogen) atoms. The number of methoxy groups -OCH3 is 1. The number of nitrogens with one attached hydrogen (secondary N) is 1. The first kappa shape index (κ1) is 13.7. The molecule has 1 aromatic rings. The van der Waals surface area contributed by atoms with Crippen molar-refractivity contribution in [1.82, 2.24) is 4.72 Å². The Kier molecular flexibility index (Phi) is 3.61. The van der Waals surface area contributed by atoms with Crippen molar-refractivity contribution >= 4 is 21.8 Å². The van der Waals surface area contributed by atoms with Crippen LogP contribution in [0.5, 0.6) is 0 Å². The van der Waals surface area contributed by atoms with Crippen LogP contribution in [0.15, 0.2) is 12.1 Å². The van der Waals surface area contributed by atoms with Crippen molar-refractivity contribution in [3.05, 3.63) is 34.1 Å². The van der Waals surface area contributed by atoms with Gasteiger partial charge in [-0.25, -0.2) is 9.53 Å². The van der Waals surface area contributed by atoms with Crippen molar-refractivity contribution in [2.75, 3.05) is 7.11 Å². The molecule has 0 aromatic heterocycles. The van der Waals surface area contributed by atoms with Crippen LogP contribution >= 0.6 is 11.6 Å². The predicted octanol–water partition coefficient (Wildman–Crippen LogP) is 0.884. The van der Waals surface area contributed by atoms with Crippen molar-refractivity contribution in [2.45, 2.75) is 18.6 Å². The zero-order valence-electron chi connectivity index (χ0n) is 9.48. The average Bonchev–Trinajstić information content (AvgIpc) is 2.61. The third-order valence-electron chi connectivity index (χ3n) is 2.93. The molecule has 5 nitrogen and oxygen atoms in total. The lowest BCUT2D eigenvalue weighted by molar-refractivity contribution is 0.0852. The number of nitrogens with two attached hydrogens (primary N) is 1. The van der Waals surface area contributed by atoms with Crippen LogP contribution in [0.2, 0.25) is 5.02 Å². The van der Waals surface area contributed by atoms with Gasteiger partial charge in [0.05, 0.1) is 12.1 Å². The summed E-state index contributed by atoms with van der Waals surface area (Å²) in [6.07, 6.45) is -0.206. The van der Waals surface area contributed by atoms with Gasteiger partial charge in [-0.1, -0.05) is 11.6 Å². The van der Waals surface area contributed by atoms with Gasteiger partial charge in [0.1, 0.15) is 5.82 Å². The Morgan fingerprint density at radius 2 is 2.22 bits per heavy atom. The minimum Gasteiger partial charge on any atom is -0.379 e. The molecule has 2 rings (SSSR count). The highest BCUT2D eigenvalue weighted by atomic mass is 35.5. The number of fused-ring (bicyclic) bond motifs is 1. The van der Waals surface area contributed by atoms with E-state index in [0.29, 0.717) is 17.0 Å². The highest BCUT2D eigenvalue weighted by Crippen LogP contribution is 2.39. The minimum atomic E-state index is -3.96. The van der Waals surface area contributed by atoms with E-state index in [4.69, 9.17) is 21.5 Å². The first-order chi connectivity index (χ1) is 8.33. The van der Waals surface area contributed by atoms with Gasteiger partial charge in [0.2, 0.25) is 0 Å². The van der Waals surface area contributed by atoms with E-state index in [0.717, 1.165) is 0 Å². The molecule has 0 radical (unpaired) electrons. The Morgan fingerprint density at radius 1 is 1.56 bits per heavy atom. The molecule has 0 fully saturated rings. The Morgan fingerprint density at radius 3 is 2.78 bits per heavy atom. The predicted molar refractivity (Wildman–Crippen MR) is 64.9 cm³/mol. The van der Waals surface area contributed by atoms with Gasteiger partial charge in [-0.15, -0.1) is 0 Å². The third kappa shape index (κ3) is 2.50. The van der Waals surface area contributed by atoms with Gasteiger partial charge in [0.15, 0.2) is 0 Å². The summed E-state index contributed by atoms with van der Waals surface area (Å²) in [6, 6.07) is 1.76. The number of benzene rings is 1. The average molecular weight is 295 g/mol. The summed E-state index contributed by atoms with van der Waals surface area (Å²) in [5.74, 6) is -0.532. The molecule has 1 aliphatic carbocycles. The second kappa shape index (κ2) is 4.75. The Labute approximate surface area is 109 Å². The van der Waals surface area contributed by atoms with E-state index < -0.39 is 28.2 Å². The maximum Gasteiger partial charge on any atom is 0.275 e. The summed E-state index contributed by atoms with van der Waals surface area (Å²) < 4.78 is 43.4. The molecule has 8 heteroatoms. The van der Waals surface area contributed by atoms with Crippen molar-refractivity contribution in [3.8, 4) is 0 Å². The van der Waals surface area contributed by atoms with E-state index >= 15 is 0 Å². The Balaban J connectivity index is 2.50. The fraction of sp³-hybridized carbons (Fsp3) is 0.400. The van der Waals surface area contributed by atoms with Crippen LogP contribution in [0.4, 0.5) is 4.39 Å². The zero-order chi connectivity index (χ0) is 13.5. The number of hydrogen-bond acceptors (Lipinski definition) is 3. The first-order valence-corrected chi connectivity index (χ1v) is 7.05. The molecule has 0 unspecified atom stereocenters. The quantitative estimate of drug-likeness (QED) is 0.868. The number of rotatable bonds is 3. The van der Waals surface area contributed by atoms with E-state index in [1.807, 2.05) is 0 Å². The molecule has 100 valence electrons. The Bertz CT molecular complexity index is 579. The van der Waals surface area contributed by atoms with Crippen LogP contribution in [-0.4, -0.2) is 21.6 Å². The van der Waals surface area contributed by atoms with Gasteiger partial charge in [0, 0.05) is 24.1 Å². The van der Waals surface area contributed by atoms with Crippen molar-refractivity contribution in [1.29, 1.82) is 0 Å². The lowest BCUT2D eigenvalue weighted by Gasteiger charge is -2.19. The Hall–Kier alpha value is -0.730. The molecule has 3 N–H and O–H groups in total. The van der Waals surface area contributed by atoms with Crippen LogP contribution < -0.4 is 9.86 Å². The van der Waals surface area contributed by atoms with Gasteiger partial charge in [-0.2, -0.15) is 13.1 Å². The van der Waals surface area contributed by atoms with Crippen molar-refractivity contribution in [2.24, 2.45) is 5.14 Å². The van der Waals surface area contributed by atoms with Crippen LogP contribution in [0.25, 0.3) is 0 Å². The molecule has 0 heterocycles. The van der Waals surface area contributed by atoms with Gasteiger partial charge < -0.3 is 4.74 Å². The lowest BCUT2D eigenvalue weighted by atomic mass is 10.1. The van der Waals surface area contributed by atoms with Crippen LogP contribution in [-0.2, 0) is 21.4 Å². The molecule has 0 amide bonds. The van der Waals surface area contributed by atoms with E-state index in [-0.39, 0.29) is 5.56 Å². The second-order valence-electron chi connectivity index (χ2n) is 4.04. The molecule has 0 spiro atoms. The first-order valence-electron chi connectivity index (χ1n) is 5.13. The van der Waals surface area contributed by atoms with Crippen LogP contribution in [0.3, 0.4) is 0 Å². The van der Waals surface area contributed by atoms with Gasteiger partial charge >= 0.3 is 0 Å².